The zero-order valence-corrected chi connectivity index (χ0v) is 12.5. The number of piperidine rings is 1. The summed E-state index contributed by atoms with van der Waals surface area (Å²) in [4.78, 5) is 13.2. The molecule has 1 aliphatic heterocycles. The van der Waals surface area contributed by atoms with Gasteiger partial charge in [0.05, 0.1) is 5.60 Å². The molecule has 1 saturated heterocycles. The Bertz CT molecular complexity index is 271. The highest BCUT2D eigenvalue weighted by atomic mass is 16.5. The maximum absolute atomic E-state index is 11.2. The summed E-state index contributed by atoms with van der Waals surface area (Å²) in [6.07, 6.45) is 3.10. The molecular formula is C14H28N2O2. The Morgan fingerprint density at radius 1 is 1.44 bits per heavy atom. The van der Waals surface area contributed by atoms with Crippen molar-refractivity contribution in [3.63, 3.8) is 0 Å². The fourth-order valence-corrected chi connectivity index (χ4v) is 2.64. The quantitative estimate of drug-likeness (QED) is 0.815. The number of hydrogen-bond acceptors (Lipinski definition) is 3. The average molecular weight is 256 g/mol. The predicted molar refractivity (Wildman–Crippen MR) is 73.6 cm³/mol. The molecule has 0 spiro atoms. The molecule has 1 atom stereocenters. The van der Waals surface area contributed by atoms with Gasteiger partial charge in [0.2, 0.25) is 5.91 Å². The topological polar surface area (TPSA) is 41.6 Å². The lowest BCUT2D eigenvalue weighted by molar-refractivity contribution is -0.129. The van der Waals surface area contributed by atoms with Crippen LogP contribution >= 0.6 is 0 Å². The summed E-state index contributed by atoms with van der Waals surface area (Å²) in [5.41, 5.74) is -0.0769. The van der Waals surface area contributed by atoms with Crippen LogP contribution in [0.25, 0.3) is 0 Å². The smallest absolute Gasteiger partial charge is 0.219 e. The van der Waals surface area contributed by atoms with Gasteiger partial charge in [-0.2, -0.15) is 0 Å². The van der Waals surface area contributed by atoms with Crippen molar-refractivity contribution in [2.45, 2.75) is 64.6 Å². The van der Waals surface area contributed by atoms with E-state index < -0.39 is 0 Å². The molecule has 1 rings (SSSR count). The first-order valence-electron chi connectivity index (χ1n) is 6.91. The molecule has 106 valence electrons. The maximum Gasteiger partial charge on any atom is 0.219 e. The summed E-state index contributed by atoms with van der Waals surface area (Å²) in [6, 6.07) is 0.970. The first kappa shape index (κ1) is 15.4. The Morgan fingerprint density at radius 2 is 2.00 bits per heavy atom. The van der Waals surface area contributed by atoms with E-state index in [-0.39, 0.29) is 11.5 Å². The van der Waals surface area contributed by atoms with Crippen molar-refractivity contribution in [2.24, 2.45) is 0 Å². The molecule has 0 aromatic carbocycles. The van der Waals surface area contributed by atoms with Crippen LogP contribution in [0.3, 0.4) is 0 Å². The van der Waals surface area contributed by atoms with Gasteiger partial charge >= 0.3 is 0 Å². The molecule has 1 heterocycles. The molecule has 1 unspecified atom stereocenters. The third-order valence-corrected chi connectivity index (χ3v) is 3.81. The average Bonchev–Trinajstić information content (AvgIpc) is 2.29. The number of nitrogens with zero attached hydrogens (tertiary/aromatic N) is 1. The second-order valence-electron chi connectivity index (χ2n) is 6.02. The zero-order chi connectivity index (χ0) is 13.8. The van der Waals surface area contributed by atoms with Gasteiger partial charge in [-0.05, 0) is 40.0 Å². The van der Waals surface area contributed by atoms with E-state index in [9.17, 15) is 4.79 Å². The van der Waals surface area contributed by atoms with E-state index in [1.54, 1.807) is 14.0 Å². The zero-order valence-electron chi connectivity index (χ0n) is 12.5. The standard InChI is InChI=1S/C14H28N2O2/c1-11(10-14(3,4)18-5)15-13-6-8-16(9-7-13)12(2)17/h11,13,15H,6-10H2,1-5H3. The molecule has 4 nitrogen and oxygen atoms in total. The molecule has 1 fully saturated rings. The number of carbonyl (C=O) groups excluding carboxylic acids is 1. The highest BCUT2D eigenvalue weighted by molar-refractivity contribution is 5.73. The Morgan fingerprint density at radius 3 is 2.44 bits per heavy atom. The molecule has 18 heavy (non-hydrogen) atoms. The summed E-state index contributed by atoms with van der Waals surface area (Å²) >= 11 is 0. The van der Waals surface area contributed by atoms with Crippen molar-refractivity contribution >= 4 is 5.91 Å². The number of nitrogens with one attached hydrogen (secondary N) is 1. The van der Waals surface area contributed by atoms with Crippen LogP contribution in [0.2, 0.25) is 0 Å². The molecule has 4 heteroatoms. The lowest BCUT2D eigenvalue weighted by atomic mass is 9.97. The second-order valence-corrected chi connectivity index (χ2v) is 6.02. The van der Waals surface area contributed by atoms with E-state index >= 15 is 0 Å². The van der Waals surface area contributed by atoms with Gasteiger partial charge in [0, 0.05) is 39.2 Å². The molecule has 0 saturated carbocycles. The van der Waals surface area contributed by atoms with Gasteiger partial charge in [0.15, 0.2) is 0 Å². The summed E-state index contributed by atoms with van der Waals surface area (Å²) in [6.45, 7) is 9.85. The van der Waals surface area contributed by atoms with Crippen LogP contribution in [-0.2, 0) is 9.53 Å². The fourth-order valence-electron chi connectivity index (χ4n) is 2.64. The molecule has 1 aliphatic rings. The minimum atomic E-state index is -0.0769. The van der Waals surface area contributed by atoms with E-state index in [1.807, 2.05) is 4.90 Å². The normalized spacial score (nSPS) is 19.9. The van der Waals surface area contributed by atoms with E-state index in [4.69, 9.17) is 4.74 Å². The van der Waals surface area contributed by atoms with Crippen LogP contribution in [0.15, 0.2) is 0 Å². The van der Waals surface area contributed by atoms with E-state index in [0.29, 0.717) is 12.1 Å². The van der Waals surface area contributed by atoms with Gasteiger partial charge in [-0.25, -0.2) is 0 Å². The summed E-state index contributed by atoms with van der Waals surface area (Å²) in [5, 5.41) is 3.65. The molecule has 0 aromatic heterocycles. The number of rotatable bonds is 5. The monoisotopic (exact) mass is 256 g/mol. The van der Waals surface area contributed by atoms with Gasteiger partial charge in [-0.15, -0.1) is 0 Å². The SMILES string of the molecule is COC(C)(C)CC(C)NC1CCN(C(C)=O)CC1. The van der Waals surface area contributed by atoms with E-state index in [1.165, 1.54) is 0 Å². The minimum Gasteiger partial charge on any atom is -0.379 e. The van der Waals surface area contributed by atoms with Crippen LogP contribution in [0.1, 0.15) is 47.0 Å². The first-order valence-corrected chi connectivity index (χ1v) is 6.91. The highest BCUT2D eigenvalue weighted by Gasteiger charge is 2.25. The van der Waals surface area contributed by atoms with Crippen LogP contribution < -0.4 is 5.32 Å². The number of carbonyl (C=O) groups is 1. The molecule has 1 N–H and O–H groups in total. The minimum absolute atomic E-state index is 0.0769. The predicted octanol–water partition coefficient (Wildman–Crippen LogP) is 1.79. The third kappa shape index (κ3) is 4.94. The van der Waals surface area contributed by atoms with E-state index in [0.717, 1.165) is 32.4 Å². The van der Waals surface area contributed by atoms with Gasteiger partial charge in [-0.3, -0.25) is 4.79 Å². The van der Waals surface area contributed by atoms with Gasteiger partial charge < -0.3 is 15.0 Å². The van der Waals surface area contributed by atoms with Crippen molar-refractivity contribution < 1.29 is 9.53 Å². The number of methoxy groups -OCH3 is 1. The molecule has 0 aliphatic carbocycles. The Labute approximate surface area is 111 Å². The summed E-state index contributed by atoms with van der Waals surface area (Å²) < 4.78 is 5.45. The molecular weight excluding hydrogens is 228 g/mol. The number of amides is 1. The lowest BCUT2D eigenvalue weighted by Crippen LogP contribution is -2.48. The van der Waals surface area contributed by atoms with Gasteiger partial charge in [-0.1, -0.05) is 0 Å². The van der Waals surface area contributed by atoms with Crippen LogP contribution in [0.5, 0.6) is 0 Å². The van der Waals surface area contributed by atoms with Crippen LogP contribution in [0, 0.1) is 0 Å². The number of ether oxygens (including phenoxy) is 1. The maximum atomic E-state index is 11.2. The van der Waals surface area contributed by atoms with Crippen molar-refractivity contribution in [1.82, 2.24) is 10.2 Å². The van der Waals surface area contributed by atoms with Crippen molar-refractivity contribution in [3.8, 4) is 0 Å². The number of likely N-dealkylation sites (tertiary alicyclic amines) is 1. The Kier molecular flexibility index (Phi) is 5.60. The highest BCUT2D eigenvalue weighted by Crippen LogP contribution is 2.17. The fraction of sp³-hybridized carbons (Fsp3) is 0.929. The van der Waals surface area contributed by atoms with Crippen LogP contribution in [0.4, 0.5) is 0 Å². The van der Waals surface area contributed by atoms with Crippen molar-refractivity contribution in [1.29, 1.82) is 0 Å². The molecule has 0 radical (unpaired) electrons. The Hall–Kier alpha value is -0.610. The Balaban J connectivity index is 2.30. The summed E-state index contributed by atoms with van der Waals surface area (Å²) in [7, 11) is 1.76. The van der Waals surface area contributed by atoms with Crippen molar-refractivity contribution in [3.05, 3.63) is 0 Å². The first-order chi connectivity index (χ1) is 8.34. The third-order valence-electron chi connectivity index (χ3n) is 3.81. The molecule has 0 bridgehead atoms. The van der Waals surface area contributed by atoms with Gasteiger partial charge in [0.1, 0.15) is 0 Å². The lowest BCUT2D eigenvalue weighted by Gasteiger charge is -2.35. The van der Waals surface area contributed by atoms with Gasteiger partial charge in [0.25, 0.3) is 0 Å². The largest absolute Gasteiger partial charge is 0.379 e. The van der Waals surface area contributed by atoms with Crippen molar-refractivity contribution in [2.75, 3.05) is 20.2 Å². The second kappa shape index (κ2) is 6.53. The van der Waals surface area contributed by atoms with Crippen LogP contribution in [-0.4, -0.2) is 48.7 Å². The van der Waals surface area contributed by atoms with E-state index in [2.05, 4.69) is 26.1 Å². The number of hydrogen-bond donors (Lipinski definition) is 1. The molecule has 1 amide bonds. The molecule has 0 aromatic rings. The summed E-state index contributed by atoms with van der Waals surface area (Å²) in [5.74, 6) is 0.196.